The van der Waals surface area contributed by atoms with Gasteiger partial charge in [-0.05, 0) is 48.0 Å². The Kier molecular flexibility index (Phi) is 5.70. The largest absolute Gasteiger partial charge is 0.573 e. The van der Waals surface area contributed by atoms with Crippen molar-refractivity contribution in [2.75, 3.05) is 13.7 Å². The summed E-state index contributed by atoms with van der Waals surface area (Å²) in [4.78, 5) is 0. The van der Waals surface area contributed by atoms with Gasteiger partial charge in [0.15, 0.2) is 0 Å². The minimum Gasteiger partial charge on any atom is -0.493 e. The van der Waals surface area contributed by atoms with E-state index in [-0.39, 0.29) is 15.8 Å². The zero-order valence-corrected chi connectivity index (χ0v) is 13.0. The van der Waals surface area contributed by atoms with Gasteiger partial charge < -0.3 is 14.2 Å². The van der Waals surface area contributed by atoms with E-state index in [1.165, 1.54) is 18.2 Å². The summed E-state index contributed by atoms with van der Waals surface area (Å²) in [6, 6.07) is 4.06. The number of hydrogen-bond donors (Lipinski definition) is 0. The van der Waals surface area contributed by atoms with Crippen LogP contribution in [0.25, 0.3) is 0 Å². The molecule has 0 fully saturated rings. The Balaban J connectivity index is 2.60. The Morgan fingerprint density at radius 3 is 2.35 bits per heavy atom. The molecule has 20 heavy (non-hydrogen) atoms. The smallest absolute Gasteiger partial charge is 0.493 e. The molecular formula is C13H16BrF3O3. The van der Waals surface area contributed by atoms with Gasteiger partial charge in [0.25, 0.3) is 0 Å². The molecule has 3 nitrogen and oxygen atoms in total. The molecule has 7 heteroatoms. The molecule has 1 rings (SSSR count). The van der Waals surface area contributed by atoms with Crippen LogP contribution in [0.4, 0.5) is 13.2 Å². The van der Waals surface area contributed by atoms with Gasteiger partial charge >= 0.3 is 6.36 Å². The van der Waals surface area contributed by atoms with Crippen LogP contribution in [0.1, 0.15) is 20.3 Å². The maximum atomic E-state index is 12.1. The molecule has 0 aliphatic carbocycles. The lowest BCUT2D eigenvalue weighted by Crippen LogP contribution is -2.25. The van der Waals surface area contributed by atoms with Gasteiger partial charge in [-0.1, -0.05) is 0 Å². The van der Waals surface area contributed by atoms with Crippen molar-refractivity contribution in [3.63, 3.8) is 0 Å². The predicted molar refractivity (Wildman–Crippen MR) is 72.0 cm³/mol. The Hall–Kier alpha value is -0.950. The van der Waals surface area contributed by atoms with E-state index in [2.05, 4.69) is 20.7 Å². The zero-order valence-electron chi connectivity index (χ0n) is 11.4. The van der Waals surface area contributed by atoms with Crippen molar-refractivity contribution in [2.45, 2.75) is 32.2 Å². The number of halogens is 4. The van der Waals surface area contributed by atoms with E-state index in [0.29, 0.717) is 18.8 Å². The van der Waals surface area contributed by atoms with Crippen LogP contribution < -0.4 is 9.47 Å². The first-order valence-corrected chi connectivity index (χ1v) is 6.65. The van der Waals surface area contributed by atoms with Crippen LogP contribution in [-0.2, 0) is 4.74 Å². The van der Waals surface area contributed by atoms with Crippen LogP contribution in [0.5, 0.6) is 11.5 Å². The Bertz CT molecular complexity index is 447. The highest BCUT2D eigenvalue weighted by Crippen LogP contribution is 2.33. The van der Waals surface area contributed by atoms with Crippen molar-refractivity contribution in [3.8, 4) is 11.5 Å². The molecule has 0 aliphatic heterocycles. The van der Waals surface area contributed by atoms with Crippen LogP contribution >= 0.6 is 15.9 Å². The highest BCUT2D eigenvalue weighted by molar-refractivity contribution is 9.10. The van der Waals surface area contributed by atoms with Crippen molar-refractivity contribution in [2.24, 2.45) is 0 Å². The molecule has 0 N–H and O–H groups in total. The third-order valence-corrected chi connectivity index (χ3v) is 3.27. The fourth-order valence-electron chi connectivity index (χ4n) is 1.30. The number of ether oxygens (including phenoxy) is 3. The molecule has 0 spiro atoms. The number of methoxy groups -OCH3 is 1. The van der Waals surface area contributed by atoms with Crippen molar-refractivity contribution >= 4 is 15.9 Å². The van der Waals surface area contributed by atoms with Crippen LogP contribution in [-0.4, -0.2) is 25.7 Å². The second-order valence-electron chi connectivity index (χ2n) is 4.70. The van der Waals surface area contributed by atoms with E-state index in [0.717, 1.165) is 0 Å². The lowest BCUT2D eigenvalue weighted by molar-refractivity contribution is -0.274. The van der Waals surface area contributed by atoms with E-state index < -0.39 is 6.36 Å². The van der Waals surface area contributed by atoms with Crippen LogP contribution in [0.2, 0.25) is 0 Å². The minimum atomic E-state index is -4.71. The fraction of sp³-hybridized carbons (Fsp3) is 0.538. The maximum absolute atomic E-state index is 12.1. The van der Waals surface area contributed by atoms with Crippen molar-refractivity contribution in [3.05, 3.63) is 22.7 Å². The Morgan fingerprint density at radius 1 is 1.20 bits per heavy atom. The summed E-state index contributed by atoms with van der Waals surface area (Å²) in [5.74, 6) is 0.153. The second-order valence-corrected chi connectivity index (χ2v) is 5.56. The SMILES string of the molecule is COC(C)(C)CCOc1ccc(OC(F)(F)F)c(Br)c1. The number of rotatable bonds is 6. The first-order chi connectivity index (χ1) is 9.13. The van der Waals surface area contributed by atoms with Gasteiger partial charge in [0.2, 0.25) is 0 Å². The number of alkyl halides is 3. The number of hydrogen-bond acceptors (Lipinski definition) is 3. The van der Waals surface area contributed by atoms with Crippen LogP contribution in [0.3, 0.4) is 0 Å². The molecule has 0 bridgehead atoms. The van der Waals surface area contributed by atoms with Gasteiger partial charge in [-0.3, -0.25) is 0 Å². The van der Waals surface area contributed by atoms with E-state index in [4.69, 9.17) is 9.47 Å². The van der Waals surface area contributed by atoms with E-state index in [1.807, 2.05) is 13.8 Å². The average Bonchev–Trinajstić information content (AvgIpc) is 2.31. The summed E-state index contributed by atoms with van der Waals surface area (Å²) >= 11 is 3.02. The first-order valence-electron chi connectivity index (χ1n) is 5.86. The monoisotopic (exact) mass is 356 g/mol. The summed E-state index contributed by atoms with van der Waals surface area (Å²) < 4.78 is 51.0. The molecule has 114 valence electrons. The second kappa shape index (κ2) is 6.67. The van der Waals surface area contributed by atoms with Gasteiger partial charge in [-0.15, -0.1) is 13.2 Å². The predicted octanol–water partition coefficient (Wildman–Crippen LogP) is 4.54. The van der Waals surface area contributed by atoms with Crippen molar-refractivity contribution in [1.29, 1.82) is 0 Å². The molecule has 0 radical (unpaired) electrons. The van der Waals surface area contributed by atoms with Gasteiger partial charge in [-0.2, -0.15) is 0 Å². The highest BCUT2D eigenvalue weighted by atomic mass is 79.9. The Morgan fingerprint density at radius 2 is 1.85 bits per heavy atom. The third-order valence-electron chi connectivity index (χ3n) is 2.65. The summed E-state index contributed by atoms with van der Waals surface area (Å²) in [5.41, 5.74) is -0.309. The highest BCUT2D eigenvalue weighted by Gasteiger charge is 2.32. The molecule has 1 aromatic carbocycles. The van der Waals surface area contributed by atoms with Crippen molar-refractivity contribution in [1.82, 2.24) is 0 Å². The van der Waals surface area contributed by atoms with E-state index in [1.54, 1.807) is 7.11 Å². The summed E-state index contributed by atoms with van der Waals surface area (Å²) in [7, 11) is 1.61. The molecule has 0 amide bonds. The molecule has 0 saturated carbocycles. The standard InChI is InChI=1S/C13H16BrF3O3/c1-12(2,18-3)6-7-19-9-4-5-11(10(14)8-9)20-13(15,16)17/h4-5,8H,6-7H2,1-3H3. The fourth-order valence-corrected chi connectivity index (χ4v) is 1.73. The lowest BCUT2D eigenvalue weighted by atomic mass is 10.1. The van der Waals surface area contributed by atoms with E-state index in [9.17, 15) is 13.2 Å². The molecule has 0 aromatic heterocycles. The average molecular weight is 357 g/mol. The van der Waals surface area contributed by atoms with E-state index >= 15 is 0 Å². The van der Waals surface area contributed by atoms with Gasteiger partial charge in [0.1, 0.15) is 11.5 Å². The summed E-state index contributed by atoms with van der Waals surface area (Å²) in [6.45, 7) is 4.24. The molecule has 0 heterocycles. The third kappa shape index (κ3) is 6.00. The molecule has 0 saturated heterocycles. The lowest BCUT2D eigenvalue weighted by Gasteiger charge is -2.22. The topological polar surface area (TPSA) is 27.7 Å². The zero-order chi connectivity index (χ0) is 15.4. The molecule has 0 unspecified atom stereocenters. The minimum absolute atomic E-state index is 0.179. The normalized spacial score (nSPS) is 12.3. The summed E-state index contributed by atoms with van der Waals surface area (Å²) in [5, 5.41) is 0. The summed E-state index contributed by atoms with van der Waals surface area (Å²) in [6.07, 6.45) is -4.06. The van der Waals surface area contributed by atoms with Gasteiger partial charge in [0.05, 0.1) is 16.7 Å². The molecule has 0 aliphatic rings. The van der Waals surface area contributed by atoms with Crippen molar-refractivity contribution < 1.29 is 27.4 Å². The van der Waals surface area contributed by atoms with Gasteiger partial charge in [-0.25, -0.2) is 0 Å². The first kappa shape index (κ1) is 17.1. The van der Waals surface area contributed by atoms with Gasteiger partial charge in [0, 0.05) is 13.5 Å². The molecule has 0 atom stereocenters. The number of benzene rings is 1. The Labute approximate surface area is 124 Å². The maximum Gasteiger partial charge on any atom is 0.573 e. The van der Waals surface area contributed by atoms with Crippen LogP contribution in [0.15, 0.2) is 22.7 Å². The molecular weight excluding hydrogens is 341 g/mol. The quantitative estimate of drug-likeness (QED) is 0.748. The van der Waals surface area contributed by atoms with Crippen LogP contribution in [0, 0.1) is 0 Å². The molecule has 1 aromatic rings.